The van der Waals surface area contributed by atoms with Crippen LogP contribution in [-0.4, -0.2) is 44.0 Å². The fraction of sp³-hybridized carbons (Fsp3) is 0.300. The van der Waals surface area contributed by atoms with Gasteiger partial charge in [0.25, 0.3) is 5.91 Å². The molecule has 2 saturated heterocycles. The van der Waals surface area contributed by atoms with Crippen molar-refractivity contribution in [3.8, 4) is 0 Å². The minimum absolute atomic E-state index is 0.0786. The third kappa shape index (κ3) is 3.15. The molecule has 2 amide bonds. The van der Waals surface area contributed by atoms with Gasteiger partial charge in [0.1, 0.15) is 0 Å². The minimum Gasteiger partial charge on any atom is -0.360 e. The number of imide groups is 1. The molecule has 134 valence electrons. The molecule has 26 heavy (non-hydrogen) atoms. The molecule has 0 unspecified atom stereocenters. The van der Waals surface area contributed by atoms with Crippen LogP contribution in [-0.2, 0) is 9.59 Å². The molecule has 1 atom stereocenters. The molecule has 6 heteroatoms. The molecule has 0 spiro atoms. The van der Waals surface area contributed by atoms with E-state index in [1.54, 1.807) is 0 Å². The number of carbonyl (C=O) groups excluding carboxylic acids is 2. The number of piperazine rings is 1. The van der Waals surface area contributed by atoms with Gasteiger partial charge in [-0.05, 0) is 40.2 Å². The Morgan fingerprint density at radius 2 is 1.58 bits per heavy atom. The number of anilines is 2. The molecule has 2 fully saturated rings. The average molecular weight is 415 g/mol. The van der Waals surface area contributed by atoms with E-state index >= 15 is 0 Å². The quantitative estimate of drug-likeness (QED) is 0.773. The number of para-hydroxylation sites is 2. The molecule has 5 nitrogen and oxygen atoms in total. The number of nitrogens with zero attached hydrogens (tertiary/aromatic N) is 2. The van der Waals surface area contributed by atoms with Crippen molar-refractivity contribution in [1.82, 2.24) is 0 Å². The molecular weight excluding hydrogens is 394 g/mol. The molecule has 0 radical (unpaired) electrons. The number of halogens is 1. The topological polar surface area (TPSA) is 45.1 Å². The maximum atomic E-state index is 13.0. The van der Waals surface area contributed by atoms with Crippen LogP contribution in [0.15, 0.2) is 59.1 Å². The molecule has 2 aromatic rings. The van der Waals surface area contributed by atoms with Crippen LogP contribution < -0.4 is 14.7 Å². The lowest BCUT2D eigenvalue weighted by molar-refractivity contribution is -0.915. The molecule has 4 rings (SSSR count). The van der Waals surface area contributed by atoms with E-state index in [0.717, 1.165) is 30.7 Å². The van der Waals surface area contributed by atoms with E-state index in [4.69, 9.17) is 0 Å². The van der Waals surface area contributed by atoms with Crippen LogP contribution in [0.3, 0.4) is 0 Å². The summed E-state index contributed by atoms with van der Waals surface area (Å²) in [6.45, 7) is 3.52. The predicted molar refractivity (Wildman–Crippen MR) is 104 cm³/mol. The lowest BCUT2D eigenvalue weighted by Gasteiger charge is -2.35. The van der Waals surface area contributed by atoms with Gasteiger partial charge in [0.05, 0.1) is 38.3 Å². The van der Waals surface area contributed by atoms with Gasteiger partial charge in [-0.25, -0.2) is 4.90 Å². The standard InChI is InChI=1S/C20H20BrN3O2/c21-16-8-4-5-9-17(16)24-19(25)14-18(20(24)26)23-12-10-22(11-13-23)15-6-2-1-3-7-15/h1-9,18H,10-14H2/p+1/t18-/m1/s1. The molecule has 2 aromatic carbocycles. The lowest BCUT2D eigenvalue weighted by atomic mass is 10.1. The number of hydrogen-bond donors (Lipinski definition) is 1. The van der Waals surface area contributed by atoms with Crippen molar-refractivity contribution in [2.24, 2.45) is 0 Å². The molecule has 0 aliphatic carbocycles. The molecule has 2 aliphatic heterocycles. The monoisotopic (exact) mass is 414 g/mol. The first kappa shape index (κ1) is 17.2. The highest BCUT2D eigenvalue weighted by atomic mass is 79.9. The van der Waals surface area contributed by atoms with Gasteiger partial charge in [0.15, 0.2) is 6.04 Å². The second-order valence-electron chi connectivity index (χ2n) is 6.76. The highest BCUT2D eigenvalue weighted by molar-refractivity contribution is 9.10. The Hall–Kier alpha value is -2.18. The van der Waals surface area contributed by atoms with E-state index in [0.29, 0.717) is 12.1 Å². The van der Waals surface area contributed by atoms with Crippen molar-refractivity contribution in [1.29, 1.82) is 0 Å². The van der Waals surface area contributed by atoms with E-state index < -0.39 is 0 Å². The Morgan fingerprint density at radius 1 is 0.923 bits per heavy atom. The Morgan fingerprint density at radius 3 is 2.27 bits per heavy atom. The Labute approximate surface area is 161 Å². The normalized spacial score (nSPS) is 21.5. The maximum Gasteiger partial charge on any atom is 0.292 e. The number of nitrogens with one attached hydrogen (secondary N) is 1. The number of quaternary nitrogens is 1. The molecule has 0 bridgehead atoms. The molecule has 0 saturated carbocycles. The highest BCUT2D eigenvalue weighted by Gasteiger charge is 2.46. The number of benzene rings is 2. The van der Waals surface area contributed by atoms with Gasteiger partial charge in [-0.15, -0.1) is 0 Å². The van der Waals surface area contributed by atoms with Crippen LogP contribution in [0.25, 0.3) is 0 Å². The fourth-order valence-corrected chi connectivity index (χ4v) is 4.34. The Kier molecular flexibility index (Phi) is 4.78. The van der Waals surface area contributed by atoms with Crippen LogP contribution in [0.1, 0.15) is 6.42 Å². The van der Waals surface area contributed by atoms with Crippen molar-refractivity contribution in [2.75, 3.05) is 36.0 Å². The summed E-state index contributed by atoms with van der Waals surface area (Å²) >= 11 is 3.45. The smallest absolute Gasteiger partial charge is 0.292 e. The molecule has 2 heterocycles. The molecule has 2 aliphatic rings. The predicted octanol–water partition coefficient (Wildman–Crippen LogP) is 1.49. The molecular formula is C20H21BrN3O2+. The first-order valence-corrected chi connectivity index (χ1v) is 9.70. The molecule has 1 N–H and O–H groups in total. The van der Waals surface area contributed by atoms with E-state index in [1.807, 2.05) is 42.5 Å². The summed E-state index contributed by atoms with van der Waals surface area (Å²) < 4.78 is 0.770. The number of rotatable bonds is 3. The third-order valence-electron chi connectivity index (χ3n) is 5.26. The van der Waals surface area contributed by atoms with E-state index in [1.165, 1.54) is 15.5 Å². The van der Waals surface area contributed by atoms with Gasteiger partial charge in [-0.3, -0.25) is 9.59 Å². The van der Waals surface area contributed by atoms with E-state index in [2.05, 4.69) is 33.0 Å². The summed E-state index contributed by atoms with van der Waals surface area (Å²) in [7, 11) is 0. The zero-order valence-corrected chi connectivity index (χ0v) is 16.0. The van der Waals surface area contributed by atoms with Crippen molar-refractivity contribution in [3.05, 3.63) is 59.1 Å². The van der Waals surface area contributed by atoms with Crippen molar-refractivity contribution in [3.63, 3.8) is 0 Å². The van der Waals surface area contributed by atoms with Gasteiger partial charge < -0.3 is 9.80 Å². The van der Waals surface area contributed by atoms with Crippen molar-refractivity contribution in [2.45, 2.75) is 12.5 Å². The van der Waals surface area contributed by atoms with Crippen LogP contribution >= 0.6 is 15.9 Å². The summed E-state index contributed by atoms with van der Waals surface area (Å²) in [4.78, 5) is 30.4. The zero-order valence-electron chi connectivity index (χ0n) is 14.4. The second kappa shape index (κ2) is 7.21. The zero-order chi connectivity index (χ0) is 18.1. The summed E-state index contributed by atoms with van der Waals surface area (Å²) in [5.74, 6) is -0.185. The maximum absolute atomic E-state index is 13.0. The molecule has 0 aromatic heterocycles. The first-order chi connectivity index (χ1) is 12.6. The third-order valence-corrected chi connectivity index (χ3v) is 5.93. The number of hydrogen-bond acceptors (Lipinski definition) is 3. The van der Waals surface area contributed by atoms with Crippen LogP contribution in [0.2, 0.25) is 0 Å². The van der Waals surface area contributed by atoms with Crippen LogP contribution in [0.4, 0.5) is 11.4 Å². The lowest BCUT2D eigenvalue weighted by Crippen LogP contribution is -3.19. The summed E-state index contributed by atoms with van der Waals surface area (Å²) in [6.07, 6.45) is 0.292. The van der Waals surface area contributed by atoms with E-state index in [9.17, 15) is 9.59 Å². The van der Waals surface area contributed by atoms with Gasteiger partial charge in [-0.2, -0.15) is 0 Å². The highest BCUT2D eigenvalue weighted by Crippen LogP contribution is 2.29. The second-order valence-corrected chi connectivity index (χ2v) is 7.61. The Bertz CT molecular complexity index is 819. The fourth-order valence-electron chi connectivity index (χ4n) is 3.88. The summed E-state index contributed by atoms with van der Waals surface area (Å²) in [5, 5.41) is 0. The van der Waals surface area contributed by atoms with Gasteiger partial charge in [-0.1, -0.05) is 30.3 Å². The van der Waals surface area contributed by atoms with Crippen molar-refractivity contribution < 1.29 is 14.5 Å². The summed E-state index contributed by atoms with van der Waals surface area (Å²) in [5.41, 5.74) is 1.86. The van der Waals surface area contributed by atoms with Gasteiger partial charge in [0.2, 0.25) is 5.91 Å². The van der Waals surface area contributed by atoms with Gasteiger partial charge in [0, 0.05) is 10.2 Å². The van der Waals surface area contributed by atoms with Crippen LogP contribution in [0, 0.1) is 0 Å². The van der Waals surface area contributed by atoms with Gasteiger partial charge >= 0.3 is 0 Å². The largest absolute Gasteiger partial charge is 0.360 e. The SMILES string of the molecule is O=C1C[C@@H]([NH+]2CCN(c3ccccc3)CC2)C(=O)N1c1ccccc1Br. The minimum atomic E-state index is -0.271. The summed E-state index contributed by atoms with van der Waals surface area (Å²) in [6, 6.07) is 17.5. The first-order valence-electron chi connectivity index (χ1n) is 8.91. The number of carbonyl (C=O) groups is 2. The van der Waals surface area contributed by atoms with E-state index in [-0.39, 0.29) is 17.9 Å². The Balaban J connectivity index is 1.46. The van der Waals surface area contributed by atoms with Crippen molar-refractivity contribution >= 4 is 39.1 Å². The number of amides is 2. The average Bonchev–Trinajstić information content (AvgIpc) is 2.97. The van der Waals surface area contributed by atoms with Crippen LogP contribution in [0.5, 0.6) is 0 Å².